The predicted molar refractivity (Wildman–Crippen MR) is 106 cm³/mol. The van der Waals surface area contributed by atoms with Gasteiger partial charge in [0.1, 0.15) is 22.7 Å². The van der Waals surface area contributed by atoms with Crippen LogP contribution < -0.4 is 10.5 Å². The van der Waals surface area contributed by atoms with Crippen molar-refractivity contribution >= 4 is 27.8 Å². The fourth-order valence-electron chi connectivity index (χ4n) is 3.29. The van der Waals surface area contributed by atoms with E-state index >= 15 is 0 Å². The third-order valence-electron chi connectivity index (χ3n) is 4.40. The number of phenolic OH excluding ortho intramolecular Hbond substituents is 1. The Morgan fingerprint density at radius 3 is 2.78 bits per heavy atom. The predicted octanol–water partition coefficient (Wildman–Crippen LogP) is 4.04. The van der Waals surface area contributed by atoms with Gasteiger partial charge in [0.2, 0.25) is 5.58 Å². The van der Waals surface area contributed by atoms with Crippen LogP contribution in [0.15, 0.2) is 57.7 Å². The van der Waals surface area contributed by atoms with Gasteiger partial charge in [0.15, 0.2) is 0 Å². The number of anilines is 1. The van der Waals surface area contributed by atoms with E-state index in [2.05, 4.69) is 28.7 Å². The molecule has 2 aromatic carbocycles. The molecule has 0 spiro atoms. The third kappa shape index (κ3) is 3.38. The molecule has 4 rings (SSSR count). The summed E-state index contributed by atoms with van der Waals surface area (Å²) < 4.78 is 5.66. The van der Waals surface area contributed by atoms with Gasteiger partial charge < -0.3 is 19.4 Å². The molecule has 0 aliphatic heterocycles. The molecular weight excluding hydrogens is 342 g/mol. The highest BCUT2D eigenvalue weighted by Gasteiger charge is 2.16. The van der Waals surface area contributed by atoms with Crippen molar-refractivity contribution in [2.75, 3.05) is 11.4 Å². The van der Waals surface area contributed by atoms with Crippen molar-refractivity contribution in [1.82, 2.24) is 9.97 Å². The number of aromatic nitrogens is 2. The number of fused-ring (bicyclic) bond motifs is 3. The van der Waals surface area contributed by atoms with Crippen LogP contribution in [0.3, 0.4) is 0 Å². The number of aromatic amines is 1. The Labute approximate surface area is 156 Å². The molecule has 0 aliphatic rings. The molecule has 0 amide bonds. The molecule has 6 heteroatoms. The molecule has 138 valence electrons. The number of nitrogens with one attached hydrogen (secondary N) is 1. The molecule has 27 heavy (non-hydrogen) atoms. The zero-order valence-corrected chi connectivity index (χ0v) is 15.3. The summed E-state index contributed by atoms with van der Waals surface area (Å²) in [6.45, 7) is 5.43. The Balaban J connectivity index is 1.77. The molecule has 2 heterocycles. The molecule has 4 aromatic rings. The van der Waals surface area contributed by atoms with Gasteiger partial charge in [0, 0.05) is 23.7 Å². The van der Waals surface area contributed by atoms with E-state index in [4.69, 9.17) is 4.42 Å². The van der Waals surface area contributed by atoms with Crippen molar-refractivity contribution in [1.29, 1.82) is 0 Å². The van der Waals surface area contributed by atoms with E-state index in [9.17, 15) is 9.90 Å². The molecule has 0 bridgehead atoms. The summed E-state index contributed by atoms with van der Waals surface area (Å²) in [5.74, 6) is 1.17. The van der Waals surface area contributed by atoms with E-state index in [0.717, 1.165) is 17.6 Å². The van der Waals surface area contributed by atoms with Crippen molar-refractivity contribution in [3.8, 4) is 5.75 Å². The van der Waals surface area contributed by atoms with Crippen molar-refractivity contribution in [2.45, 2.75) is 20.4 Å². The van der Waals surface area contributed by atoms with Gasteiger partial charge in [-0.3, -0.25) is 4.79 Å². The first-order valence-corrected chi connectivity index (χ1v) is 8.95. The molecule has 0 atom stereocenters. The lowest BCUT2D eigenvalue weighted by Gasteiger charge is -2.26. The normalized spacial score (nSPS) is 11.5. The molecule has 6 nitrogen and oxygen atoms in total. The average molecular weight is 363 g/mol. The minimum atomic E-state index is -0.286. The zero-order valence-electron chi connectivity index (χ0n) is 15.3. The van der Waals surface area contributed by atoms with Crippen LogP contribution in [0.1, 0.15) is 19.7 Å². The maximum Gasteiger partial charge on any atom is 0.294 e. The Bertz CT molecular complexity index is 1160. The summed E-state index contributed by atoms with van der Waals surface area (Å²) in [4.78, 5) is 22.1. The van der Waals surface area contributed by atoms with Crippen LogP contribution >= 0.6 is 0 Å². The number of H-pyrrole nitrogens is 1. The molecule has 2 N–H and O–H groups in total. The van der Waals surface area contributed by atoms with Gasteiger partial charge in [0.05, 0.1) is 6.54 Å². The first-order chi connectivity index (χ1) is 13.0. The topological polar surface area (TPSA) is 82.4 Å². The van der Waals surface area contributed by atoms with Crippen LogP contribution in [-0.2, 0) is 6.54 Å². The van der Waals surface area contributed by atoms with Gasteiger partial charge in [-0.25, -0.2) is 4.98 Å². The summed E-state index contributed by atoms with van der Waals surface area (Å²) in [7, 11) is 0. The van der Waals surface area contributed by atoms with E-state index in [1.807, 2.05) is 30.3 Å². The van der Waals surface area contributed by atoms with E-state index < -0.39 is 0 Å². The summed E-state index contributed by atoms with van der Waals surface area (Å²) >= 11 is 0. The van der Waals surface area contributed by atoms with Crippen LogP contribution in [0, 0.1) is 5.92 Å². The van der Waals surface area contributed by atoms with Crippen LogP contribution in [0.25, 0.3) is 22.1 Å². The molecular formula is C21H21N3O3. The fourth-order valence-corrected chi connectivity index (χ4v) is 3.29. The van der Waals surface area contributed by atoms with Crippen molar-refractivity contribution in [3.63, 3.8) is 0 Å². The molecule has 0 radical (unpaired) electrons. The van der Waals surface area contributed by atoms with Gasteiger partial charge in [-0.2, -0.15) is 0 Å². The quantitative estimate of drug-likeness (QED) is 0.559. The van der Waals surface area contributed by atoms with Crippen LogP contribution in [0.4, 0.5) is 5.69 Å². The second kappa shape index (κ2) is 6.79. The number of rotatable bonds is 5. The number of phenols is 1. The zero-order chi connectivity index (χ0) is 19.0. The van der Waals surface area contributed by atoms with Crippen molar-refractivity contribution in [2.24, 2.45) is 5.92 Å². The smallest absolute Gasteiger partial charge is 0.294 e. The van der Waals surface area contributed by atoms with Gasteiger partial charge in [-0.1, -0.05) is 32.0 Å². The molecule has 2 aromatic heterocycles. The van der Waals surface area contributed by atoms with Crippen molar-refractivity contribution in [3.05, 3.63) is 64.7 Å². The number of hydrogen-bond donors (Lipinski definition) is 2. The summed E-state index contributed by atoms with van der Waals surface area (Å²) in [6, 6.07) is 14.6. The number of aromatic hydroxyl groups is 1. The minimum absolute atomic E-state index is 0.207. The minimum Gasteiger partial charge on any atom is -0.508 e. The number of para-hydroxylation sites is 1. The maximum absolute atomic E-state index is 12.5. The van der Waals surface area contributed by atoms with E-state index in [0.29, 0.717) is 29.4 Å². The second-order valence-electron chi connectivity index (χ2n) is 7.08. The first-order valence-electron chi connectivity index (χ1n) is 8.95. The molecule has 0 unspecified atom stereocenters. The Kier molecular flexibility index (Phi) is 4.32. The summed E-state index contributed by atoms with van der Waals surface area (Å²) in [5.41, 5.74) is 2.06. The van der Waals surface area contributed by atoms with Gasteiger partial charge in [-0.15, -0.1) is 0 Å². The SMILES string of the molecule is CC(C)CN(Cc1nc2c(oc3ccccc32)c(=O)[nH]1)c1cccc(O)c1. The fraction of sp³-hybridized carbons (Fsp3) is 0.238. The first kappa shape index (κ1) is 17.1. The van der Waals surface area contributed by atoms with Gasteiger partial charge >= 0.3 is 0 Å². The number of hydrogen-bond acceptors (Lipinski definition) is 5. The van der Waals surface area contributed by atoms with Crippen LogP contribution in [0.5, 0.6) is 5.75 Å². The molecule has 0 fully saturated rings. The number of benzene rings is 2. The van der Waals surface area contributed by atoms with Gasteiger partial charge in [-0.05, 0) is 30.2 Å². The van der Waals surface area contributed by atoms with E-state index in [1.165, 1.54) is 0 Å². The highest BCUT2D eigenvalue weighted by atomic mass is 16.3. The van der Waals surface area contributed by atoms with Crippen LogP contribution in [0.2, 0.25) is 0 Å². The molecule has 0 aliphatic carbocycles. The van der Waals surface area contributed by atoms with E-state index in [1.54, 1.807) is 18.2 Å². The lowest BCUT2D eigenvalue weighted by Crippen LogP contribution is -2.29. The highest BCUT2D eigenvalue weighted by molar-refractivity contribution is 6.01. The Morgan fingerprint density at radius 1 is 1.19 bits per heavy atom. The Morgan fingerprint density at radius 2 is 2.00 bits per heavy atom. The number of furan rings is 1. The summed E-state index contributed by atoms with van der Waals surface area (Å²) in [6.07, 6.45) is 0. The van der Waals surface area contributed by atoms with Crippen molar-refractivity contribution < 1.29 is 9.52 Å². The van der Waals surface area contributed by atoms with Crippen LogP contribution in [-0.4, -0.2) is 21.6 Å². The lowest BCUT2D eigenvalue weighted by atomic mass is 10.2. The Hall–Kier alpha value is -3.28. The molecule has 0 saturated heterocycles. The maximum atomic E-state index is 12.5. The highest BCUT2D eigenvalue weighted by Crippen LogP contribution is 2.26. The largest absolute Gasteiger partial charge is 0.508 e. The third-order valence-corrected chi connectivity index (χ3v) is 4.40. The standard InChI is InChI=1S/C21H21N3O3/c1-13(2)11-24(14-6-5-7-15(25)10-14)12-18-22-19-16-8-3-4-9-17(16)27-20(19)21(26)23-18/h3-10,13,25H,11-12H2,1-2H3,(H,22,23,26). The molecule has 0 saturated carbocycles. The van der Waals surface area contributed by atoms with E-state index in [-0.39, 0.29) is 16.9 Å². The lowest BCUT2D eigenvalue weighted by molar-refractivity contribution is 0.475. The summed E-state index contributed by atoms with van der Waals surface area (Å²) in [5, 5.41) is 10.7. The number of nitrogens with zero attached hydrogens (tertiary/aromatic N) is 2. The second-order valence-corrected chi connectivity index (χ2v) is 7.08. The average Bonchev–Trinajstić information content (AvgIpc) is 3.00. The van der Waals surface area contributed by atoms with Gasteiger partial charge in [0.25, 0.3) is 5.56 Å². The monoisotopic (exact) mass is 363 g/mol.